The van der Waals surface area contributed by atoms with E-state index in [4.69, 9.17) is 4.74 Å². The van der Waals surface area contributed by atoms with Crippen molar-refractivity contribution in [1.29, 1.82) is 0 Å². The van der Waals surface area contributed by atoms with E-state index in [0.29, 0.717) is 6.42 Å². The second kappa shape index (κ2) is 10.4. The molecular formula is C28H31N5O5S. The van der Waals surface area contributed by atoms with Crippen molar-refractivity contribution >= 4 is 27.0 Å². The summed E-state index contributed by atoms with van der Waals surface area (Å²) < 4.78 is 36.4. The van der Waals surface area contributed by atoms with Gasteiger partial charge in [-0.15, -0.1) is 5.10 Å². The number of carboxylic acid groups (broad SMARTS) is 1. The first kappa shape index (κ1) is 26.8. The van der Waals surface area contributed by atoms with Crippen LogP contribution in [0, 0.1) is 13.8 Å². The Kier molecular flexibility index (Phi) is 7.13. The smallest absolute Gasteiger partial charge is 0.304 e. The number of carbonyl (C=O) groups is 1. The fourth-order valence-electron chi connectivity index (χ4n) is 5.16. The van der Waals surface area contributed by atoms with Gasteiger partial charge in [-0.25, -0.2) is 18.1 Å². The predicted octanol–water partition coefficient (Wildman–Crippen LogP) is 3.95. The molecule has 10 nitrogen and oxygen atoms in total. The lowest BCUT2D eigenvalue weighted by Gasteiger charge is -2.24. The molecule has 0 saturated heterocycles. The zero-order valence-corrected chi connectivity index (χ0v) is 23.1. The zero-order valence-electron chi connectivity index (χ0n) is 22.3. The molecule has 3 heterocycles. The van der Waals surface area contributed by atoms with Crippen LogP contribution < -0.4 is 4.74 Å². The van der Waals surface area contributed by atoms with E-state index in [-0.39, 0.29) is 36.4 Å². The molecule has 0 radical (unpaired) electrons. The summed E-state index contributed by atoms with van der Waals surface area (Å²) in [5.74, 6) is -1.26. The molecule has 2 aromatic carbocycles. The second-order valence-electron chi connectivity index (χ2n) is 9.95. The van der Waals surface area contributed by atoms with Gasteiger partial charge in [-0.3, -0.25) is 4.79 Å². The average molecular weight is 550 g/mol. The molecule has 4 aromatic rings. The van der Waals surface area contributed by atoms with Crippen molar-refractivity contribution < 1.29 is 23.1 Å². The minimum Gasteiger partial charge on any atom is -0.481 e. The summed E-state index contributed by atoms with van der Waals surface area (Å²) in [4.78, 5) is 16.2. The Hall–Kier alpha value is -3.83. The monoisotopic (exact) mass is 549 g/mol. The van der Waals surface area contributed by atoms with Crippen molar-refractivity contribution in [3.8, 4) is 5.88 Å². The Morgan fingerprint density at radius 1 is 1.21 bits per heavy atom. The number of fused-ring (bicyclic) bond motifs is 2. The number of aliphatic carboxylic acids is 1. The number of rotatable bonds is 7. The molecule has 0 fully saturated rings. The normalized spacial score (nSPS) is 17.8. The highest BCUT2D eigenvalue weighted by Crippen LogP contribution is 2.35. The van der Waals surface area contributed by atoms with E-state index in [1.54, 1.807) is 10.7 Å². The molecule has 0 saturated carbocycles. The maximum atomic E-state index is 13.7. The van der Waals surface area contributed by atoms with Gasteiger partial charge in [0, 0.05) is 25.7 Å². The van der Waals surface area contributed by atoms with Crippen LogP contribution in [0.1, 0.15) is 53.5 Å². The maximum absolute atomic E-state index is 13.7. The largest absolute Gasteiger partial charge is 0.481 e. The van der Waals surface area contributed by atoms with Crippen LogP contribution >= 0.6 is 0 Å². The van der Waals surface area contributed by atoms with Gasteiger partial charge in [0.25, 0.3) is 0 Å². The minimum atomic E-state index is -3.88. The highest BCUT2D eigenvalue weighted by Gasteiger charge is 2.35. The van der Waals surface area contributed by atoms with Gasteiger partial charge < -0.3 is 9.84 Å². The third-order valence-electron chi connectivity index (χ3n) is 7.45. The molecule has 1 unspecified atom stereocenters. The summed E-state index contributed by atoms with van der Waals surface area (Å²) in [6.45, 7) is 6.10. The quantitative estimate of drug-likeness (QED) is 0.367. The zero-order chi connectivity index (χ0) is 27.9. The highest BCUT2D eigenvalue weighted by atomic mass is 32.2. The number of ether oxygens (including phenoxy) is 1. The first-order valence-electron chi connectivity index (χ1n) is 12.8. The van der Waals surface area contributed by atoms with E-state index >= 15 is 0 Å². The Morgan fingerprint density at radius 3 is 2.74 bits per heavy atom. The molecule has 0 amide bonds. The van der Waals surface area contributed by atoms with E-state index in [1.807, 2.05) is 58.2 Å². The van der Waals surface area contributed by atoms with Crippen molar-refractivity contribution in [3.05, 3.63) is 76.5 Å². The van der Waals surface area contributed by atoms with Crippen molar-refractivity contribution in [2.45, 2.75) is 57.1 Å². The van der Waals surface area contributed by atoms with Gasteiger partial charge in [-0.2, -0.15) is 4.31 Å². The van der Waals surface area contributed by atoms with Crippen LogP contribution in [0.5, 0.6) is 5.88 Å². The summed E-state index contributed by atoms with van der Waals surface area (Å²) in [7, 11) is -2.06. The number of aryl methyl sites for hydroxylation is 3. The van der Waals surface area contributed by atoms with E-state index in [2.05, 4.69) is 15.3 Å². The number of pyridine rings is 1. The molecule has 0 aliphatic carbocycles. The molecule has 0 bridgehead atoms. The van der Waals surface area contributed by atoms with Crippen molar-refractivity contribution in [2.24, 2.45) is 7.05 Å². The van der Waals surface area contributed by atoms with Crippen LogP contribution in [-0.2, 0) is 28.4 Å². The van der Waals surface area contributed by atoms with E-state index in [1.165, 1.54) is 16.6 Å². The summed E-state index contributed by atoms with van der Waals surface area (Å²) >= 11 is 0. The summed E-state index contributed by atoms with van der Waals surface area (Å²) in [6, 6.07) is 12.7. The minimum absolute atomic E-state index is 0.0476. The molecule has 1 aliphatic heterocycles. The molecule has 2 atom stereocenters. The van der Waals surface area contributed by atoms with Gasteiger partial charge >= 0.3 is 5.97 Å². The molecule has 39 heavy (non-hydrogen) atoms. The molecule has 0 spiro atoms. The Bertz CT molecular complexity index is 1670. The Balaban J connectivity index is 1.56. The van der Waals surface area contributed by atoms with Gasteiger partial charge in [-0.1, -0.05) is 36.4 Å². The van der Waals surface area contributed by atoms with E-state index < -0.39 is 21.9 Å². The number of benzene rings is 2. The number of aromatic nitrogens is 4. The van der Waals surface area contributed by atoms with Gasteiger partial charge in [-0.05, 0) is 66.3 Å². The fraction of sp³-hybridized carbons (Fsp3) is 0.357. The lowest BCUT2D eigenvalue weighted by molar-refractivity contribution is -0.137. The van der Waals surface area contributed by atoms with Crippen LogP contribution in [0.4, 0.5) is 0 Å². The van der Waals surface area contributed by atoms with Crippen LogP contribution in [0.2, 0.25) is 0 Å². The van der Waals surface area contributed by atoms with E-state index in [0.717, 1.165) is 38.9 Å². The number of nitrogens with zero attached hydrogens (tertiary/aromatic N) is 5. The number of hydrogen-bond acceptors (Lipinski definition) is 7. The molecule has 204 valence electrons. The lowest BCUT2D eigenvalue weighted by atomic mass is 9.84. The highest BCUT2D eigenvalue weighted by molar-refractivity contribution is 7.89. The Morgan fingerprint density at radius 2 is 2.00 bits per heavy atom. The van der Waals surface area contributed by atoms with Crippen molar-refractivity contribution in [3.63, 3.8) is 0 Å². The fourth-order valence-corrected chi connectivity index (χ4v) is 6.68. The van der Waals surface area contributed by atoms with Crippen LogP contribution in [0.25, 0.3) is 11.0 Å². The van der Waals surface area contributed by atoms with Gasteiger partial charge in [0.05, 0.1) is 18.5 Å². The van der Waals surface area contributed by atoms with Gasteiger partial charge in [0.15, 0.2) is 0 Å². The molecule has 1 N–H and O–H groups in total. The third kappa shape index (κ3) is 4.99. The predicted molar refractivity (Wildman–Crippen MR) is 145 cm³/mol. The van der Waals surface area contributed by atoms with E-state index in [9.17, 15) is 18.3 Å². The van der Waals surface area contributed by atoms with Crippen LogP contribution in [0.15, 0.2) is 53.6 Å². The van der Waals surface area contributed by atoms with Crippen LogP contribution in [-0.4, -0.2) is 56.4 Å². The van der Waals surface area contributed by atoms with Gasteiger partial charge in [0.2, 0.25) is 15.9 Å². The molecule has 2 aromatic heterocycles. The summed E-state index contributed by atoms with van der Waals surface area (Å²) in [6.07, 6.45) is 1.67. The number of sulfonamides is 1. The first-order valence-corrected chi connectivity index (χ1v) is 14.3. The second-order valence-corrected chi connectivity index (χ2v) is 11.9. The summed E-state index contributed by atoms with van der Waals surface area (Å²) in [5.41, 5.74) is 5.82. The lowest BCUT2D eigenvalue weighted by Crippen LogP contribution is -2.36. The number of hydrogen-bond donors (Lipinski definition) is 1. The third-order valence-corrected chi connectivity index (χ3v) is 9.28. The number of carboxylic acids is 1. The SMILES string of the molecule is CC[C@@H]1CN(Cc2cc(C(CC(=O)O)c3ccc4c(nnn4C)c3C)ccc2C)S(=O)(=O)c2cccnc2O1. The molecule has 5 rings (SSSR count). The molecular weight excluding hydrogens is 518 g/mol. The van der Waals surface area contributed by atoms with Gasteiger partial charge in [0.1, 0.15) is 16.5 Å². The molecule has 1 aliphatic rings. The van der Waals surface area contributed by atoms with Crippen LogP contribution in [0.3, 0.4) is 0 Å². The van der Waals surface area contributed by atoms with Crippen molar-refractivity contribution in [1.82, 2.24) is 24.3 Å². The molecule has 11 heteroatoms. The first-order chi connectivity index (χ1) is 18.6. The topological polar surface area (TPSA) is 128 Å². The Labute approximate surface area is 227 Å². The average Bonchev–Trinajstić information content (AvgIpc) is 3.24. The maximum Gasteiger partial charge on any atom is 0.304 e. The standard InChI is InChI=1S/C28H31N5O5S/c1-5-21-16-33(39(36,37)25-7-6-12-29-28(25)38-21)15-20-13-19(9-8-17(20)2)23(14-26(34)35)22-10-11-24-27(18(22)3)30-31-32(24)4/h6-13,21,23H,5,14-16H2,1-4H3,(H,34,35)/t21-,23?/m1/s1. The van der Waals surface area contributed by atoms with Crippen molar-refractivity contribution in [2.75, 3.05) is 6.54 Å². The summed E-state index contributed by atoms with van der Waals surface area (Å²) in [5, 5.41) is 18.2.